The van der Waals surface area contributed by atoms with Crippen molar-refractivity contribution in [2.45, 2.75) is 72.5 Å². The molecule has 0 aliphatic rings. The minimum atomic E-state index is -0.463. The third kappa shape index (κ3) is 7.76. The molecule has 0 saturated carbocycles. The van der Waals surface area contributed by atoms with E-state index < -0.39 is 10.9 Å². The summed E-state index contributed by atoms with van der Waals surface area (Å²) in [7, 11) is 0. The summed E-state index contributed by atoms with van der Waals surface area (Å²) < 4.78 is 10.6. The van der Waals surface area contributed by atoms with Gasteiger partial charge in [0.25, 0.3) is 5.69 Å². The van der Waals surface area contributed by atoms with Gasteiger partial charge in [0.2, 0.25) is 0 Å². The Labute approximate surface area is 160 Å². The lowest BCUT2D eigenvalue weighted by atomic mass is 10.0. The number of carbonyl (C=O) groups is 2. The summed E-state index contributed by atoms with van der Waals surface area (Å²) in [6.45, 7) is 7.67. The van der Waals surface area contributed by atoms with Crippen LogP contribution in [0.4, 0.5) is 5.69 Å². The topological polar surface area (TPSA) is 95.7 Å². The van der Waals surface area contributed by atoms with E-state index in [0.717, 1.165) is 12.8 Å². The van der Waals surface area contributed by atoms with Crippen LogP contribution in [0.5, 0.6) is 0 Å². The van der Waals surface area contributed by atoms with E-state index in [1.807, 2.05) is 20.8 Å². The van der Waals surface area contributed by atoms with Gasteiger partial charge in [0, 0.05) is 24.5 Å². The van der Waals surface area contributed by atoms with E-state index in [1.54, 1.807) is 19.1 Å². The van der Waals surface area contributed by atoms with Crippen LogP contribution in [0.2, 0.25) is 0 Å². The predicted molar refractivity (Wildman–Crippen MR) is 101 cm³/mol. The molecule has 0 N–H and O–H groups in total. The van der Waals surface area contributed by atoms with Gasteiger partial charge in [0.05, 0.1) is 4.92 Å². The monoisotopic (exact) mass is 379 g/mol. The first-order valence-corrected chi connectivity index (χ1v) is 9.34. The Bertz CT molecular complexity index is 656. The summed E-state index contributed by atoms with van der Waals surface area (Å²) in [5.74, 6) is -0.482. The van der Waals surface area contributed by atoms with Gasteiger partial charge < -0.3 is 9.47 Å². The van der Waals surface area contributed by atoms with Crippen LogP contribution >= 0.6 is 0 Å². The molecule has 0 radical (unpaired) electrons. The second-order valence-corrected chi connectivity index (χ2v) is 6.89. The van der Waals surface area contributed by atoms with E-state index in [9.17, 15) is 19.7 Å². The number of hydrogen-bond donors (Lipinski definition) is 0. The SMILES string of the molecule is CCCC(OC(=O)CCCC(=O)OCc1cccc([N+](=O)[O-])c1C)C(C)C. The van der Waals surface area contributed by atoms with E-state index in [1.165, 1.54) is 6.07 Å². The van der Waals surface area contributed by atoms with Gasteiger partial charge in [0.1, 0.15) is 12.7 Å². The van der Waals surface area contributed by atoms with Crippen molar-refractivity contribution in [3.63, 3.8) is 0 Å². The van der Waals surface area contributed by atoms with Crippen LogP contribution in [0.1, 0.15) is 64.0 Å². The maximum absolute atomic E-state index is 11.9. The van der Waals surface area contributed by atoms with Crippen molar-refractivity contribution >= 4 is 17.6 Å². The zero-order chi connectivity index (χ0) is 20.4. The molecule has 0 fully saturated rings. The van der Waals surface area contributed by atoms with Gasteiger partial charge in [-0.05, 0) is 31.2 Å². The molecule has 0 aliphatic carbocycles. The van der Waals surface area contributed by atoms with Gasteiger partial charge in [0.15, 0.2) is 0 Å². The predicted octanol–water partition coefficient (Wildman–Crippen LogP) is 4.48. The molecule has 0 aromatic heterocycles. The molecule has 0 spiro atoms. The lowest BCUT2D eigenvalue weighted by Gasteiger charge is -2.20. The molecule has 7 nitrogen and oxygen atoms in total. The van der Waals surface area contributed by atoms with Gasteiger partial charge in [-0.1, -0.05) is 39.3 Å². The number of rotatable bonds is 11. The van der Waals surface area contributed by atoms with Gasteiger partial charge in [-0.3, -0.25) is 19.7 Å². The molecule has 1 rings (SSSR count). The molecule has 1 aromatic rings. The number of benzene rings is 1. The molecule has 0 amide bonds. The second-order valence-electron chi connectivity index (χ2n) is 6.89. The average molecular weight is 379 g/mol. The molecular weight excluding hydrogens is 350 g/mol. The summed E-state index contributed by atoms with van der Waals surface area (Å²) in [4.78, 5) is 34.2. The fourth-order valence-electron chi connectivity index (χ4n) is 2.67. The number of nitrogens with zero attached hydrogens (tertiary/aromatic N) is 1. The maximum atomic E-state index is 11.9. The van der Waals surface area contributed by atoms with Crippen molar-refractivity contribution in [1.82, 2.24) is 0 Å². The Morgan fingerprint density at radius 3 is 2.44 bits per heavy atom. The lowest BCUT2D eigenvalue weighted by Crippen LogP contribution is -2.23. The number of hydrogen-bond acceptors (Lipinski definition) is 6. The van der Waals surface area contributed by atoms with Crippen LogP contribution in [0.15, 0.2) is 18.2 Å². The normalized spacial score (nSPS) is 11.9. The highest BCUT2D eigenvalue weighted by Crippen LogP contribution is 2.22. The Morgan fingerprint density at radius 2 is 1.85 bits per heavy atom. The largest absolute Gasteiger partial charge is 0.462 e. The Morgan fingerprint density at radius 1 is 1.19 bits per heavy atom. The van der Waals surface area contributed by atoms with Crippen molar-refractivity contribution in [2.24, 2.45) is 5.92 Å². The third-order valence-corrected chi connectivity index (χ3v) is 4.36. The lowest BCUT2D eigenvalue weighted by molar-refractivity contribution is -0.385. The van der Waals surface area contributed by atoms with Crippen molar-refractivity contribution in [2.75, 3.05) is 0 Å². The second kappa shape index (κ2) is 11.3. The van der Waals surface area contributed by atoms with E-state index in [-0.39, 0.29) is 43.1 Å². The summed E-state index contributed by atoms with van der Waals surface area (Å²) in [6.07, 6.45) is 2.29. The Kier molecular flexibility index (Phi) is 9.47. The number of esters is 2. The smallest absolute Gasteiger partial charge is 0.306 e. The third-order valence-electron chi connectivity index (χ3n) is 4.36. The summed E-state index contributed by atoms with van der Waals surface area (Å²) in [5, 5.41) is 10.9. The molecule has 150 valence electrons. The van der Waals surface area contributed by atoms with Gasteiger partial charge >= 0.3 is 11.9 Å². The van der Waals surface area contributed by atoms with Crippen LogP contribution in [-0.4, -0.2) is 23.0 Å². The van der Waals surface area contributed by atoms with Crippen molar-refractivity contribution in [3.05, 3.63) is 39.4 Å². The number of nitro benzene ring substituents is 1. The summed E-state index contributed by atoms with van der Waals surface area (Å²) in [5.41, 5.74) is 1.07. The standard InChI is InChI=1S/C20H29NO6/c1-5-8-18(14(2)3)27-20(23)12-7-11-19(22)26-13-16-9-6-10-17(15(16)4)21(24)25/h6,9-10,14,18H,5,7-8,11-13H2,1-4H3. The Hall–Kier alpha value is -2.44. The highest BCUT2D eigenvalue weighted by molar-refractivity contribution is 5.72. The van der Waals surface area contributed by atoms with Crippen LogP contribution in [0, 0.1) is 23.0 Å². The molecule has 1 atom stereocenters. The first kappa shape index (κ1) is 22.6. The van der Waals surface area contributed by atoms with Crippen LogP contribution in [0.25, 0.3) is 0 Å². The van der Waals surface area contributed by atoms with Gasteiger partial charge in [-0.2, -0.15) is 0 Å². The first-order valence-electron chi connectivity index (χ1n) is 9.34. The number of ether oxygens (including phenoxy) is 2. The molecule has 7 heteroatoms. The molecule has 0 aliphatic heterocycles. The molecule has 27 heavy (non-hydrogen) atoms. The fourth-order valence-corrected chi connectivity index (χ4v) is 2.67. The van der Waals surface area contributed by atoms with E-state index in [2.05, 4.69) is 0 Å². The molecule has 0 heterocycles. The van der Waals surface area contributed by atoms with E-state index >= 15 is 0 Å². The zero-order valence-corrected chi connectivity index (χ0v) is 16.5. The molecule has 1 unspecified atom stereocenters. The fraction of sp³-hybridized carbons (Fsp3) is 0.600. The quantitative estimate of drug-likeness (QED) is 0.319. The number of nitro groups is 1. The molecule has 0 saturated heterocycles. The van der Waals surface area contributed by atoms with Crippen LogP contribution < -0.4 is 0 Å². The highest BCUT2D eigenvalue weighted by atomic mass is 16.6. The first-order chi connectivity index (χ1) is 12.8. The maximum Gasteiger partial charge on any atom is 0.306 e. The van der Waals surface area contributed by atoms with Gasteiger partial charge in [-0.15, -0.1) is 0 Å². The van der Waals surface area contributed by atoms with E-state index in [0.29, 0.717) is 17.5 Å². The number of carbonyl (C=O) groups excluding carboxylic acids is 2. The van der Waals surface area contributed by atoms with Crippen molar-refractivity contribution in [3.8, 4) is 0 Å². The Balaban J connectivity index is 2.39. The zero-order valence-electron chi connectivity index (χ0n) is 16.5. The van der Waals surface area contributed by atoms with Crippen LogP contribution in [0.3, 0.4) is 0 Å². The highest BCUT2D eigenvalue weighted by Gasteiger charge is 2.18. The minimum Gasteiger partial charge on any atom is -0.462 e. The minimum absolute atomic E-state index is 0.00178. The summed E-state index contributed by atoms with van der Waals surface area (Å²) >= 11 is 0. The van der Waals surface area contributed by atoms with Gasteiger partial charge in [-0.25, -0.2) is 0 Å². The molecular formula is C20H29NO6. The molecule has 1 aromatic carbocycles. The van der Waals surface area contributed by atoms with Crippen molar-refractivity contribution in [1.29, 1.82) is 0 Å². The van der Waals surface area contributed by atoms with Crippen molar-refractivity contribution < 1.29 is 24.0 Å². The van der Waals surface area contributed by atoms with Crippen LogP contribution in [-0.2, 0) is 25.7 Å². The average Bonchev–Trinajstić information content (AvgIpc) is 2.60. The summed E-state index contributed by atoms with van der Waals surface area (Å²) in [6, 6.07) is 4.66. The molecule has 0 bridgehead atoms. The van der Waals surface area contributed by atoms with E-state index in [4.69, 9.17) is 9.47 Å².